The molecule has 22 heavy (non-hydrogen) atoms. The molecule has 0 aliphatic heterocycles. The van der Waals surface area contributed by atoms with Gasteiger partial charge in [0.05, 0.1) is 0 Å². The summed E-state index contributed by atoms with van der Waals surface area (Å²) < 4.78 is 5.65. The summed E-state index contributed by atoms with van der Waals surface area (Å²) >= 11 is 0. The topological polar surface area (TPSA) is 95.3 Å². The van der Waals surface area contributed by atoms with Crippen molar-refractivity contribution in [1.82, 2.24) is 0 Å². The van der Waals surface area contributed by atoms with Gasteiger partial charge in [-0.1, -0.05) is 47.6 Å². The van der Waals surface area contributed by atoms with Gasteiger partial charge in [-0.05, 0) is 35.2 Å². The van der Waals surface area contributed by atoms with Gasteiger partial charge in [0.25, 0.3) is 0 Å². The molecule has 0 saturated carbocycles. The molecule has 112 valence electrons. The van der Waals surface area contributed by atoms with E-state index < -0.39 is 12.0 Å². The Labute approximate surface area is 127 Å². The van der Waals surface area contributed by atoms with Crippen LogP contribution in [0.4, 0.5) is 0 Å². The number of ether oxygens (including phenoxy) is 1. The maximum atomic E-state index is 10.9. The zero-order valence-electron chi connectivity index (χ0n) is 11.8. The Balaban J connectivity index is 1.95. The van der Waals surface area contributed by atoms with E-state index in [1.165, 1.54) is 0 Å². The summed E-state index contributed by atoms with van der Waals surface area (Å²) in [5.74, 6) is -0.439. The fourth-order valence-corrected chi connectivity index (χ4v) is 1.93. The van der Waals surface area contributed by atoms with Crippen LogP contribution in [0, 0.1) is 0 Å². The van der Waals surface area contributed by atoms with E-state index in [1.54, 1.807) is 24.3 Å². The number of benzene rings is 2. The minimum atomic E-state index is -1.14. The summed E-state index contributed by atoms with van der Waals surface area (Å²) in [6, 6.07) is 15.8. The molecule has 2 aromatic rings. The number of hydrogen-bond acceptors (Lipinski definition) is 3. The Bertz CT molecular complexity index is 663. The summed E-state index contributed by atoms with van der Waals surface area (Å²) in [5, 5.41) is 12.2. The Kier molecular flexibility index (Phi) is 5.40. The van der Waals surface area contributed by atoms with Gasteiger partial charge in [-0.2, -0.15) is 0 Å². The van der Waals surface area contributed by atoms with Crippen molar-refractivity contribution < 1.29 is 14.6 Å². The first-order valence-electron chi connectivity index (χ1n) is 6.71. The van der Waals surface area contributed by atoms with Crippen LogP contribution in [0.25, 0.3) is 10.4 Å². The standard InChI is InChI=1S/C16H15N3O3/c17-19-18-15(16(20)21)10-12-6-8-14(9-7-12)22-11-13-4-2-1-3-5-13/h1-9,15H,10-11H2,(H,20,21)/t15-/m0/s1. The minimum absolute atomic E-state index is 0.151. The molecule has 0 bridgehead atoms. The number of carboxylic acids is 1. The predicted octanol–water partition coefficient (Wildman–Crippen LogP) is 3.57. The maximum Gasteiger partial charge on any atom is 0.312 e. The average Bonchev–Trinajstić information content (AvgIpc) is 2.54. The first-order chi connectivity index (χ1) is 10.7. The molecule has 0 aliphatic rings. The highest BCUT2D eigenvalue weighted by Crippen LogP contribution is 2.16. The quantitative estimate of drug-likeness (QED) is 0.480. The molecule has 2 rings (SSSR count). The van der Waals surface area contributed by atoms with Gasteiger partial charge in [0.1, 0.15) is 18.4 Å². The van der Waals surface area contributed by atoms with E-state index in [-0.39, 0.29) is 6.42 Å². The van der Waals surface area contributed by atoms with Crippen molar-refractivity contribution in [3.05, 3.63) is 76.2 Å². The van der Waals surface area contributed by atoms with Crippen molar-refractivity contribution in [1.29, 1.82) is 0 Å². The Morgan fingerprint density at radius 2 is 1.82 bits per heavy atom. The molecule has 0 amide bonds. The fourth-order valence-electron chi connectivity index (χ4n) is 1.93. The number of carboxylic acid groups (broad SMARTS) is 1. The molecule has 1 atom stereocenters. The van der Waals surface area contributed by atoms with Crippen molar-refractivity contribution in [2.24, 2.45) is 5.11 Å². The number of carbonyl (C=O) groups is 1. The maximum absolute atomic E-state index is 10.9. The number of aliphatic carboxylic acids is 1. The Hall–Kier alpha value is -2.98. The van der Waals surface area contributed by atoms with Crippen LogP contribution < -0.4 is 4.74 Å². The number of nitrogens with zero attached hydrogens (tertiary/aromatic N) is 3. The van der Waals surface area contributed by atoms with Crippen LogP contribution in [0.5, 0.6) is 5.75 Å². The molecule has 6 nitrogen and oxygen atoms in total. The van der Waals surface area contributed by atoms with Gasteiger partial charge >= 0.3 is 5.97 Å². The third kappa shape index (κ3) is 4.54. The number of rotatable bonds is 7. The van der Waals surface area contributed by atoms with Gasteiger partial charge in [-0.15, -0.1) is 0 Å². The van der Waals surface area contributed by atoms with Gasteiger partial charge in [-0.3, -0.25) is 4.79 Å². The zero-order valence-corrected chi connectivity index (χ0v) is 11.8. The SMILES string of the molecule is [N-]=[N+]=N[C@@H](Cc1ccc(OCc2ccccc2)cc1)C(=O)O. The van der Waals surface area contributed by atoms with Crippen molar-refractivity contribution in [2.75, 3.05) is 0 Å². The van der Waals surface area contributed by atoms with E-state index in [4.69, 9.17) is 15.4 Å². The second-order valence-corrected chi connectivity index (χ2v) is 4.68. The molecule has 0 aliphatic carbocycles. The summed E-state index contributed by atoms with van der Waals surface area (Å²) in [5.41, 5.74) is 10.2. The van der Waals surface area contributed by atoms with Gasteiger partial charge in [-0.25, -0.2) is 0 Å². The van der Waals surface area contributed by atoms with E-state index in [2.05, 4.69) is 10.0 Å². The Morgan fingerprint density at radius 3 is 2.41 bits per heavy atom. The molecule has 0 radical (unpaired) electrons. The second-order valence-electron chi connectivity index (χ2n) is 4.68. The summed E-state index contributed by atoms with van der Waals surface area (Å²) in [7, 11) is 0. The molecule has 0 heterocycles. The first kappa shape index (κ1) is 15.4. The lowest BCUT2D eigenvalue weighted by molar-refractivity contribution is -0.138. The first-order valence-corrected chi connectivity index (χ1v) is 6.71. The molecule has 6 heteroatoms. The zero-order chi connectivity index (χ0) is 15.8. The van der Waals surface area contributed by atoms with Crippen molar-refractivity contribution in [3.63, 3.8) is 0 Å². The van der Waals surface area contributed by atoms with E-state index in [1.807, 2.05) is 30.3 Å². The third-order valence-corrected chi connectivity index (χ3v) is 3.08. The van der Waals surface area contributed by atoms with Crippen molar-refractivity contribution in [3.8, 4) is 5.75 Å². The summed E-state index contributed by atoms with van der Waals surface area (Å²) in [6.07, 6.45) is 0.151. The summed E-state index contributed by atoms with van der Waals surface area (Å²) in [6.45, 7) is 0.469. The molecular formula is C16H15N3O3. The number of hydrogen-bond donors (Lipinski definition) is 1. The van der Waals surface area contributed by atoms with Crippen LogP contribution in [-0.4, -0.2) is 17.1 Å². The van der Waals surface area contributed by atoms with E-state index >= 15 is 0 Å². The average molecular weight is 297 g/mol. The van der Waals surface area contributed by atoms with Gasteiger partial charge in [0.15, 0.2) is 0 Å². The van der Waals surface area contributed by atoms with Crippen molar-refractivity contribution in [2.45, 2.75) is 19.1 Å². The molecule has 0 aromatic heterocycles. The van der Waals surface area contributed by atoms with Crippen LogP contribution >= 0.6 is 0 Å². The summed E-state index contributed by atoms with van der Waals surface area (Å²) in [4.78, 5) is 13.5. The molecular weight excluding hydrogens is 282 g/mol. The Morgan fingerprint density at radius 1 is 1.14 bits per heavy atom. The molecule has 0 fully saturated rings. The monoisotopic (exact) mass is 297 g/mol. The minimum Gasteiger partial charge on any atom is -0.489 e. The van der Waals surface area contributed by atoms with Gasteiger partial charge in [0.2, 0.25) is 0 Å². The third-order valence-electron chi connectivity index (χ3n) is 3.08. The molecule has 0 unspecified atom stereocenters. The predicted molar refractivity (Wildman–Crippen MR) is 81.5 cm³/mol. The largest absolute Gasteiger partial charge is 0.489 e. The lowest BCUT2D eigenvalue weighted by Gasteiger charge is -2.09. The highest BCUT2D eigenvalue weighted by molar-refractivity contribution is 5.74. The van der Waals surface area contributed by atoms with Gasteiger partial charge < -0.3 is 9.84 Å². The lowest BCUT2D eigenvalue weighted by atomic mass is 10.1. The van der Waals surface area contributed by atoms with Crippen LogP contribution in [0.15, 0.2) is 59.7 Å². The molecule has 0 saturated heterocycles. The van der Waals surface area contributed by atoms with Crippen LogP contribution in [0.2, 0.25) is 0 Å². The highest BCUT2D eigenvalue weighted by Gasteiger charge is 2.15. The highest BCUT2D eigenvalue weighted by atomic mass is 16.5. The molecule has 1 N–H and O–H groups in total. The van der Waals surface area contributed by atoms with E-state index in [0.29, 0.717) is 12.4 Å². The molecule has 0 spiro atoms. The fraction of sp³-hybridized carbons (Fsp3) is 0.188. The van der Waals surface area contributed by atoms with Crippen LogP contribution in [-0.2, 0) is 17.8 Å². The number of azide groups is 1. The lowest BCUT2D eigenvalue weighted by Crippen LogP contribution is -2.19. The van der Waals surface area contributed by atoms with Crippen molar-refractivity contribution >= 4 is 5.97 Å². The second kappa shape index (κ2) is 7.71. The smallest absolute Gasteiger partial charge is 0.312 e. The normalized spacial score (nSPS) is 11.3. The van der Waals surface area contributed by atoms with Crippen LogP contribution in [0.3, 0.4) is 0 Å². The van der Waals surface area contributed by atoms with Crippen LogP contribution in [0.1, 0.15) is 11.1 Å². The van der Waals surface area contributed by atoms with E-state index in [9.17, 15) is 4.79 Å². The van der Waals surface area contributed by atoms with E-state index in [0.717, 1.165) is 11.1 Å². The molecule has 2 aromatic carbocycles. The van der Waals surface area contributed by atoms with Gasteiger partial charge in [0, 0.05) is 4.91 Å².